The summed E-state index contributed by atoms with van der Waals surface area (Å²) in [5, 5.41) is 0. The van der Waals surface area contributed by atoms with Gasteiger partial charge in [0.15, 0.2) is 5.78 Å². The van der Waals surface area contributed by atoms with Gasteiger partial charge in [-0.15, -0.1) is 0 Å². The Labute approximate surface area is 113 Å². The topological polar surface area (TPSA) is 52.6 Å². The lowest BCUT2D eigenvalue weighted by atomic mass is 10.1. The van der Waals surface area contributed by atoms with E-state index in [1.165, 1.54) is 13.2 Å². The van der Waals surface area contributed by atoms with Crippen LogP contribution in [0.2, 0.25) is 0 Å². The fourth-order valence-corrected chi connectivity index (χ4v) is 1.48. The standard InChI is InChI=1S/C15H18O4/c1-4-9-19-14-7-5-11(2)10-12(14)13(16)6-8-15(17)18-3/h5-8,10H,4,9H2,1-3H3/b8-6+. The van der Waals surface area contributed by atoms with Gasteiger partial charge in [-0.1, -0.05) is 18.6 Å². The van der Waals surface area contributed by atoms with Crippen molar-refractivity contribution in [2.75, 3.05) is 13.7 Å². The predicted molar refractivity (Wildman–Crippen MR) is 72.5 cm³/mol. The highest BCUT2D eigenvalue weighted by molar-refractivity contribution is 6.08. The lowest BCUT2D eigenvalue weighted by Crippen LogP contribution is -2.04. The van der Waals surface area contributed by atoms with Gasteiger partial charge in [0.1, 0.15) is 5.75 Å². The third kappa shape index (κ3) is 4.58. The van der Waals surface area contributed by atoms with Gasteiger partial charge in [0.05, 0.1) is 19.3 Å². The number of esters is 1. The van der Waals surface area contributed by atoms with Gasteiger partial charge in [0.2, 0.25) is 0 Å². The highest BCUT2D eigenvalue weighted by Crippen LogP contribution is 2.21. The van der Waals surface area contributed by atoms with Crippen LogP contribution in [0.1, 0.15) is 29.3 Å². The summed E-state index contributed by atoms with van der Waals surface area (Å²) in [5.41, 5.74) is 1.41. The number of allylic oxidation sites excluding steroid dienone is 1. The number of rotatable bonds is 6. The van der Waals surface area contributed by atoms with Crippen molar-refractivity contribution in [2.24, 2.45) is 0 Å². The van der Waals surface area contributed by atoms with Crippen LogP contribution in [-0.2, 0) is 9.53 Å². The van der Waals surface area contributed by atoms with E-state index in [1.807, 2.05) is 19.9 Å². The minimum atomic E-state index is -0.558. The Bertz CT molecular complexity index is 489. The molecule has 0 saturated carbocycles. The molecule has 0 radical (unpaired) electrons. The molecule has 0 fully saturated rings. The van der Waals surface area contributed by atoms with Crippen molar-refractivity contribution in [3.05, 3.63) is 41.5 Å². The molecule has 19 heavy (non-hydrogen) atoms. The van der Waals surface area contributed by atoms with Gasteiger partial charge in [-0.05, 0) is 31.6 Å². The molecule has 0 amide bonds. The first-order valence-electron chi connectivity index (χ1n) is 6.12. The summed E-state index contributed by atoms with van der Waals surface area (Å²) in [6.45, 7) is 4.43. The number of methoxy groups -OCH3 is 1. The molecule has 0 heterocycles. The molecule has 0 saturated heterocycles. The van der Waals surface area contributed by atoms with Gasteiger partial charge in [-0.25, -0.2) is 4.79 Å². The van der Waals surface area contributed by atoms with E-state index in [-0.39, 0.29) is 5.78 Å². The number of ketones is 1. The van der Waals surface area contributed by atoms with E-state index < -0.39 is 5.97 Å². The van der Waals surface area contributed by atoms with Crippen LogP contribution in [0.4, 0.5) is 0 Å². The molecule has 4 heteroatoms. The highest BCUT2D eigenvalue weighted by atomic mass is 16.5. The van der Waals surface area contributed by atoms with Crippen LogP contribution >= 0.6 is 0 Å². The zero-order valence-corrected chi connectivity index (χ0v) is 11.4. The molecular weight excluding hydrogens is 244 g/mol. The normalized spacial score (nSPS) is 10.5. The van der Waals surface area contributed by atoms with Crippen LogP contribution in [0.15, 0.2) is 30.4 Å². The van der Waals surface area contributed by atoms with Gasteiger partial charge in [0.25, 0.3) is 0 Å². The zero-order chi connectivity index (χ0) is 14.3. The summed E-state index contributed by atoms with van der Waals surface area (Å²) in [6.07, 6.45) is 3.16. The average Bonchev–Trinajstić information content (AvgIpc) is 2.42. The Balaban J connectivity index is 2.96. The van der Waals surface area contributed by atoms with E-state index in [0.717, 1.165) is 18.1 Å². The van der Waals surface area contributed by atoms with Crippen molar-refractivity contribution >= 4 is 11.8 Å². The molecule has 1 rings (SSSR count). The monoisotopic (exact) mass is 262 g/mol. The van der Waals surface area contributed by atoms with E-state index in [0.29, 0.717) is 17.9 Å². The fraction of sp³-hybridized carbons (Fsp3) is 0.333. The third-order valence-corrected chi connectivity index (χ3v) is 2.43. The van der Waals surface area contributed by atoms with Crippen LogP contribution in [0, 0.1) is 6.92 Å². The number of hydrogen-bond acceptors (Lipinski definition) is 4. The second kappa shape index (κ2) is 7.36. The van der Waals surface area contributed by atoms with Crippen molar-refractivity contribution in [3.8, 4) is 5.75 Å². The highest BCUT2D eigenvalue weighted by Gasteiger charge is 2.11. The molecule has 102 valence electrons. The van der Waals surface area contributed by atoms with Crippen LogP contribution in [-0.4, -0.2) is 25.5 Å². The quantitative estimate of drug-likeness (QED) is 0.449. The van der Waals surface area contributed by atoms with Gasteiger partial charge < -0.3 is 9.47 Å². The number of carbonyl (C=O) groups excluding carboxylic acids is 2. The third-order valence-electron chi connectivity index (χ3n) is 2.43. The first-order chi connectivity index (χ1) is 9.08. The molecule has 0 aliphatic rings. The Kier molecular flexibility index (Phi) is 5.79. The SMILES string of the molecule is CCCOc1ccc(C)cc1C(=O)/C=C/C(=O)OC. The Morgan fingerprint density at radius 1 is 1.26 bits per heavy atom. The van der Waals surface area contributed by atoms with Crippen LogP contribution in [0.25, 0.3) is 0 Å². The Morgan fingerprint density at radius 3 is 2.63 bits per heavy atom. The van der Waals surface area contributed by atoms with Crippen molar-refractivity contribution < 1.29 is 19.1 Å². The van der Waals surface area contributed by atoms with Gasteiger partial charge in [0, 0.05) is 6.08 Å². The maximum Gasteiger partial charge on any atom is 0.330 e. The number of benzene rings is 1. The minimum absolute atomic E-state index is 0.278. The van der Waals surface area contributed by atoms with E-state index in [1.54, 1.807) is 12.1 Å². The van der Waals surface area contributed by atoms with E-state index in [9.17, 15) is 9.59 Å². The molecule has 1 aromatic rings. The summed E-state index contributed by atoms with van der Waals surface area (Å²) < 4.78 is 9.97. The molecule has 0 atom stereocenters. The van der Waals surface area contributed by atoms with E-state index >= 15 is 0 Å². The molecule has 4 nitrogen and oxygen atoms in total. The maximum absolute atomic E-state index is 12.0. The zero-order valence-electron chi connectivity index (χ0n) is 11.4. The summed E-state index contributed by atoms with van der Waals surface area (Å²) in [6, 6.07) is 5.39. The smallest absolute Gasteiger partial charge is 0.330 e. The van der Waals surface area contributed by atoms with Crippen molar-refractivity contribution in [1.82, 2.24) is 0 Å². The van der Waals surface area contributed by atoms with Crippen LogP contribution < -0.4 is 4.74 Å². The fourth-order valence-electron chi connectivity index (χ4n) is 1.48. The molecule has 0 unspecified atom stereocenters. The molecule has 0 spiro atoms. The van der Waals surface area contributed by atoms with Crippen LogP contribution in [0.3, 0.4) is 0 Å². The summed E-state index contributed by atoms with van der Waals surface area (Å²) >= 11 is 0. The summed E-state index contributed by atoms with van der Waals surface area (Å²) in [4.78, 5) is 23.0. The first kappa shape index (κ1) is 15.0. The van der Waals surface area contributed by atoms with Gasteiger partial charge in [-0.2, -0.15) is 0 Å². The average molecular weight is 262 g/mol. The molecule has 0 aliphatic heterocycles. The summed E-state index contributed by atoms with van der Waals surface area (Å²) in [7, 11) is 1.26. The molecule has 0 aliphatic carbocycles. The first-order valence-corrected chi connectivity index (χ1v) is 6.12. The molecule has 1 aromatic carbocycles. The number of hydrogen-bond donors (Lipinski definition) is 0. The molecular formula is C15H18O4. The Morgan fingerprint density at radius 2 is 2.00 bits per heavy atom. The molecule has 0 bridgehead atoms. The van der Waals surface area contributed by atoms with E-state index in [4.69, 9.17) is 4.74 Å². The maximum atomic E-state index is 12.0. The summed E-state index contributed by atoms with van der Waals surface area (Å²) in [5.74, 6) is -0.302. The molecule has 0 N–H and O–H groups in total. The number of ether oxygens (including phenoxy) is 2. The lowest BCUT2D eigenvalue weighted by molar-refractivity contribution is -0.134. The largest absolute Gasteiger partial charge is 0.493 e. The van der Waals surface area contributed by atoms with Gasteiger partial charge in [-0.3, -0.25) is 4.79 Å². The molecule has 0 aromatic heterocycles. The second-order valence-corrected chi connectivity index (χ2v) is 4.07. The van der Waals surface area contributed by atoms with Crippen molar-refractivity contribution in [1.29, 1.82) is 0 Å². The Hall–Kier alpha value is -2.10. The number of aryl methyl sites for hydroxylation is 1. The predicted octanol–water partition coefficient (Wildman–Crippen LogP) is 2.70. The lowest BCUT2D eigenvalue weighted by Gasteiger charge is -2.09. The van der Waals surface area contributed by atoms with Crippen molar-refractivity contribution in [2.45, 2.75) is 20.3 Å². The number of carbonyl (C=O) groups is 2. The van der Waals surface area contributed by atoms with Gasteiger partial charge >= 0.3 is 5.97 Å². The second-order valence-electron chi connectivity index (χ2n) is 4.07. The van der Waals surface area contributed by atoms with Crippen molar-refractivity contribution in [3.63, 3.8) is 0 Å². The van der Waals surface area contributed by atoms with E-state index in [2.05, 4.69) is 4.74 Å². The minimum Gasteiger partial charge on any atom is -0.493 e. The van der Waals surface area contributed by atoms with Crippen LogP contribution in [0.5, 0.6) is 5.75 Å².